The van der Waals surface area contributed by atoms with E-state index in [9.17, 15) is 4.79 Å². The Labute approximate surface area is 193 Å². The molecule has 0 spiro atoms. The van der Waals surface area contributed by atoms with Gasteiger partial charge >= 0.3 is 0 Å². The molecule has 3 aromatic carbocycles. The van der Waals surface area contributed by atoms with Crippen molar-refractivity contribution in [1.29, 1.82) is 0 Å². The first kappa shape index (κ1) is 21.8. The molecular formula is C26H26N4OS. The number of carbonyl (C=O) groups excluding carboxylic acids is 1. The number of hydrogen-bond acceptors (Lipinski definition) is 4. The molecule has 0 bridgehead atoms. The molecule has 1 amide bonds. The van der Waals surface area contributed by atoms with E-state index in [1.54, 1.807) is 0 Å². The van der Waals surface area contributed by atoms with Gasteiger partial charge in [-0.05, 0) is 18.1 Å². The fraction of sp³-hybridized carbons (Fsp3) is 0.192. The molecule has 1 aromatic heterocycles. The summed E-state index contributed by atoms with van der Waals surface area (Å²) in [5.74, 6) is 0.866. The summed E-state index contributed by atoms with van der Waals surface area (Å²) in [4.78, 5) is 15.4. The summed E-state index contributed by atoms with van der Waals surface area (Å²) in [5.41, 5.74) is 3.22. The first-order valence-electron chi connectivity index (χ1n) is 10.6. The zero-order valence-corrected chi connectivity index (χ0v) is 19.1. The molecule has 4 aromatic rings. The Kier molecular flexibility index (Phi) is 7.02. The van der Waals surface area contributed by atoms with Crippen LogP contribution in [0.2, 0.25) is 0 Å². The van der Waals surface area contributed by atoms with Crippen molar-refractivity contribution in [3.05, 3.63) is 102 Å². The van der Waals surface area contributed by atoms with Gasteiger partial charge in [-0.25, -0.2) is 0 Å². The van der Waals surface area contributed by atoms with Crippen molar-refractivity contribution in [2.75, 3.05) is 0 Å². The third-order valence-electron chi connectivity index (χ3n) is 5.24. The molecule has 32 heavy (non-hydrogen) atoms. The van der Waals surface area contributed by atoms with Crippen LogP contribution in [-0.4, -0.2) is 30.8 Å². The van der Waals surface area contributed by atoms with Crippen LogP contribution < -0.4 is 0 Å². The maximum Gasteiger partial charge on any atom is 0.236 e. The minimum absolute atomic E-state index is 0.0759. The van der Waals surface area contributed by atoms with Crippen LogP contribution in [0.4, 0.5) is 0 Å². The number of hydrogen-bond donors (Lipinski definition) is 0. The monoisotopic (exact) mass is 442 g/mol. The molecule has 1 heterocycles. The van der Waals surface area contributed by atoms with E-state index in [4.69, 9.17) is 0 Å². The summed E-state index contributed by atoms with van der Waals surface area (Å²) in [6.07, 6.45) is 0. The Balaban J connectivity index is 1.52. The van der Waals surface area contributed by atoms with E-state index in [1.165, 1.54) is 11.8 Å². The SMILES string of the molecule is CC(Sc1nnc(-c2ccccc2)n1C)C(=O)N(Cc1ccccc1)Cc1ccccc1. The molecule has 0 aliphatic rings. The minimum atomic E-state index is -0.297. The van der Waals surface area contributed by atoms with Gasteiger partial charge in [0.2, 0.25) is 5.91 Å². The Morgan fingerprint density at radius 2 is 1.34 bits per heavy atom. The Morgan fingerprint density at radius 3 is 1.88 bits per heavy atom. The largest absolute Gasteiger partial charge is 0.333 e. The second kappa shape index (κ2) is 10.3. The molecule has 0 saturated carbocycles. The van der Waals surface area contributed by atoms with Crippen LogP contribution in [-0.2, 0) is 24.9 Å². The van der Waals surface area contributed by atoms with E-state index in [0.717, 1.165) is 27.7 Å². The minimum Gasteiger partial charge on any atom is -0.333 e. The lowest BCUT2D eigenvalue weighted by Gasteiger charge is -2.26. The highest BCUT2D eigenvalue weighted by molar-refractivity contribution is 8.00. The molecular weight excluding hydrogens is 416 g/mol. The fourth-order valence-corrected chi connectivity index (χ4v) is 4.44. The third-order valence-corrected chi connectivity index (χ3v) is 6.36. The van der Waals surface area contributed by atoms with Crippen molar-refractivity contribution in [1.82, 2.24) is 19.7 Å². The molecule has 0 N–H and O–H groups in total. The average molecular weight is 443 g/mol. The maximum absolute atomic E-state index is 13.5. The standard InChI is InChI=1S/C26H26N4OS/c1-20(32-26-28-27-24(29(26)2)23-16-10-5-11-17-23)25(31)30(18-21-12-6-3-7-13-21)19-22-14-8-4-9-15-22/h3-17,20H,18-19H2,1-2H3. The summed E-state index contributed by atoms with van der Waals surface area (Å²) in [6.45, 7) is 3.06. The molecule has 1 unspecified atom stereocenters. The molecule has 0 radical (unpaired) electrons. The average Bonchev–Trinajstić information content (AvgIpc) is 3.20. The number of thioether (sulfide) groups is 1. The van der Waals surface area contributed by atoms with Crippen molar-refractivity contribution in [3.63, 3.8) is 0 Å². The van der Waals surface area contributed by atoms with E-state index < -0.39 is 0 Å². The number of amides is 1. The first-order valence-corrected chi connectivity index (χ1v) is 11.5. The van der Waals surface area contributed by atoms with Gasteiger partial charge in [-0.2, -0.15) is 0 Å². The molecule has 162 valence electrons. The maximum atomic E-state index is 13.5. The highest BCUT2D eigenvalue weighted by Crippen LogP contribution is 2.27. The third kappa shape index (κ3) is 5.26. The summed E-state index contributed by atoms with van der Waals surface area (Å²) in [7, 11) is 1.94. The van der Waals surface area contributed by atoms with Gasteiger partial charge in [0.1, 0.15) is 0 Å². The molecule has 1 atom stereocenters. The summed E-state index contributed by atoms with van der Waals surface area (Å²) >= 11 is 1.44. The molecule has 0 aliphatic carbocycles. The summed E-state index contributed by atoms with van der Waals surface area (Å²) < 4.78 is 1.95. The normalized spacial score (nSPS) is 11.8. The van der Waals surface area contributed by atoms with Crippen LogP contribution in [0.5, 0.6) is 0 Å². The Morgan fingerprint density at radius 1 is 0.844 bits per heavy atom. The quantitative estimate of drug-likeness (QED) is 0.352. The number of carbonyl (C=O) groups is 1. The highest BCUT2D eigenvalue weighted by atomic mass is 32.2. The number of rotatable bonds is 8. The van der Waals surface area contributed by atoms with Crippen molar-refractivity contribution >= 4 is 17.7 Å². The van der Waals surface area contributed by atoms with Gasteiger partial charge in [0, 0.05) is 25.7 Å². The summed E-state index contributed by atoms with van der Waals surface area (Å²) in [5, 5.41) is 9.12. The lowest BCUT2D eigenvalue weighted by molar-refractivity contribution is -0.131. The van der Waals surface area contributed by atoms with Crippen LogP contribution in [0.1, 0.15) is 18.1 Å². The van der Waals surface area contributed by atoms with Crippen molar-refractivity contribution in [3.8, 4) is 11.4 Å². The van der Waals surface area contributed by atoms with Crippen LogP contribution in [0.25, 0.3) is 11.4 Å². The smallest absolute Gasteiger partial charge is 0.236 e. The topological polar surface area (TPSA) is 51.0 Å². The van der Waals surface area contributed by atoms with E-state index in [0.29, 0.717) is 13.1 Å². The Bertz CT molecular complexity index is 1100. The highest BCUT2D eigenvalue weighted by Gasteiger charge is 2.24. The zero-order chi connectivity index (χ0) is 22.3. The van der Waals surface area contributed by atoms with Gasteiger partial charge in [-0.15, -0.1) is 10.2 Å². The van der Waals surface area contributed by atoms with Crippen LogP contribution in [0, 0.1) is 0 Å². The van der Waals surface area contributed by atoms with E-state index >= 15 is 0 Å². The molecule has 4 rings (SSSR count). The second-order valence-corrected chi connectivity index (χ2v) is 8.96. The lowest BCUT2D eigenvalue weighted by Crippen LogP contribution is -2.35. The number of benzene rings is 3. The first-order chi connectivity index (χ1) is 15.6. The Hall–Kier alpha value is -3.38. The number of nitrogens with zero attached hydrogens (tertiary/aromatic N) is 4. The molecule has 5 nitrogen and oxygen atoms in total. The van der Waals surface area contributed by atoms with E-state index in [1.807, 2.05) is 90.2 Å². The summed E-state index contributed by atoms with van der Waals surface area (Å²) in [6, 6.07) is 30.2. The van der Waals surface area contributed by atoms with Gasteiger partial charge in [-0.3, -0.25) is 4.79 Å². The number of aromatic nitrogens is 3. The second-order valence-electron chi connectivity index (χ2n) is 7.66. The van der Waals surface area contributed by atoms with Crippen molar-refractivity contribution < 1.29 is 4.79 Å². The van der Waals surface area contributed by atoms with Gasteiger partial charge < -0.3 is 9.47 Å². The van der Waals surface area contributed by atoms with Crippen molar-refractivity contribution in [2.45, 2.75) is 30.4 Å². The molecule has 6 heteroatoms. The predicted octanol–water partition coefficient (Wildman–Crippen LogP) is 5.19. The van der Waals surface area contributed by atoms with Gasteiger partial charge in [0.05, 0.1) is 5.25 Å². The fourth-order valence-electron chi connectivity index (χ4n) is 3.54. The molecule has 0 aliphatic heterocycles. The zero-order valence-electron chi connectivity index (χ0n) is 18.3. The van der Waals surface area contributed by atoms with Crippen LogP contribution >= 0.6 is 11.8 Å². The van der Waals surface area contributed by atoms with Gasteiger partial charge in [0.15, 0.2) is 11.0 Å². The van der Waals surface area contributed by atoms with Crippen LogP contribution in [0.3, 0.4) is 0 Å². The predicted molar refractivity (Wildman–Crippen MR) is 129 cm³/mol. The van der Waals surface area contributed by atoms with Gasteiger partial charge in [0.25, 0.3) is 0 Å². The van der Waals surface area contributed by atoms with Crippen LogP contribution in [0.15, 0.2) is 96.2 Å². The lowest BCUT2D eigenvalue weighted by atomic mass is 10.1. The van der Waals surface area contributed by atoms with E-state index in [2.05, 4.69) is 34.5 Å². The molecule has 0 fully saturated rings. The van der Waals surface area contributed by atoms with E-state index in [-0.39, 0.29) is 11.2 Å². The van der Waals surface area contributed by atoms with Crippen molar-refractivity contribution in [2.24, 2.45) is 7.05 Å². The molecule has 0 saturated heterocycles. The van der Waals surface area contributed by atoms with Gasteiger partial charge in [-0.1, -0.05) is 103 Å².